The molecule has 1 aromatic carbocycles. The fourth-order valence-electron chi connectivity index (χ4n) is 4.42. The Morgan fingerprint density at radius 1 is 1.44 bits per heavy atom. The average Bonchev–Trinajstić information content (AvgIpc) is 3.24. The van der Waals surface area contributed by atoms with Crippen LogP contribution >= 0.6 is 0 Å². The van der Waals surface area contributed by atoms with Crippen molar-refractivity contribution in [1.29, 1.82) is 0 Å². The van der Waals surface area contributed by atoms with E-state index >= 15 is 0 Å². The van der Waals surface area contributed by atoms with Gasteiger partial charge in [0.1, 0.15) is 11.4 Å². The first-order chi connectivity index (χ1) is 12.0. The standard InChI is InChI=1S/C19H19NO5/c1-3-4-14-19-10-9-13(25-19)15(18(22)23)16(19)17(21)20(14)11-5-7-12(24-2)8-6-11/h3,5-10,13-16H,1,4H2,2H3,(H,22,23)/p-1/t13-,14-,15-,16+,19-/m1/s1. The van der Waals surface area contributed by atoms with Crippen LogP contribution in [0.25, 0.3) is 0 Å². The monoisotopic (exact) mass is 340 g/mol. The minimum atomic E-state index is -1.25. The number of amides is 1. The minimum Gasteiger partial charge on any atom is -0.550 e. The first-order valence-electron chi connectivity index (χ1n) is 8.19. The van der Waals surface area contributed by atoms with Gasteiger partial charge in [0.05, 0.1) is 25.2 Å². The highest BCUT2D eigenvalue weighted by atomic mass is 16.5. The maximum atomic E-state index is 13.2. The lowest BCUT2D eigenvalue weighted by atomic mass is 9.74. The Kier molecular flexibility index (Phi) is 3.47. The van der Waals surface area contributed by atoms with Crippen LogP contribution in [0.3, 0.4) is 0 Å². The van der Waals surface area contributed by atoms with Crippen molar-refractivity contribution in [3.05, 3.63) is 49.1 Å². The van der Waals surface area contributed by atoms with Crippen molar-refractivity contribution < 1.29 is 24.2 Å². The third-order valence-electron chi connectivity index (χ3n) is 5.43. The quantitative estimate of drug-likeness (QED) is 0.737. The van der Waals surface area contributed by atoms with E-state index in [-0.39, 0.29) is 11.9 Å². The van der Waals surface area contributed by atoms with Crippen LogP contribution in [0, 0.1) is 11.8 Å². The van der Waals surface area contributed by atoms with Crippen molar-refractivity contribution in [1.82, 2.24) is 0 Å². The molecule has 1 amide bonds. The number of methoxy groups -OCH3 is 1. The SMILES string of the molecule is C=CC[C@H]1N(c2ccc(OC)cc2)C(=O)[C@@H]2[C@H](C(=O)[O-])[C@H]3C=C[C@]21O3. The van der Waals surface area contributed by atoms with Crippen molar-refractivity contribution >= 4 is 17.6 Å². The number of anilines is 1. The number of aliphatic carboxylic acids is 1. The summed E-state index contributed by atoms with van der Waals surface area (Å²) >= 11 is 0. The molecule has 2 bridgehead atoms. The van der Waals surface area contributed by atoms with Crippen LogP contribution in [0.2, 0.25) is 0 Å². The van der Waals surface area contributed by atoms with Gasteiger partial charge in [-0.3, -0.25) is 4.79 Å². The maximum absolute atomic E-state index is 13.2. The van der Waals surface area contributed by atoms with Gasteiger partial charge in [-0.15, -0.1) is 6.58 Å². The highest BCUT2D eigenvalue weighted by Gasteiger charge is 2.69. The predicted octanol–water partition coefficient (Wildman–Crippen LogP) is 0.676. The molecule has 1 aromatic rings. The van der Waals surface area contributed by atoms with Crippen molar-refractivity contribution in [2.75, 3.05) is 12.0 Å². The zero-order valence-electron chi connectivity index (χ0n) is 13.8. The van der Waals surface area contributed by atoms with E-state index in [4.69, 9.17) is 9.47 Å². The average molecular weight is 340 g/mol. The first kappa shape index (κ1) is 15.9. The molecular formula is C19H18NO5-. The molecule has 130 valence electrons. The number of carbonyl (C=O) groups is 2. The summed E-state index contributed by atoms with van der Waals surface area (Å²) in [5.74, 6) is -2.56. The molecule has 0 N–H and O–H groups in total. The topological polar surface area (TPSA) is 78.9 Å². The fourth-order valence-corrected chi connectivity index (χ4v) is 4.42. The number of hydrogen-bond donors (Lipinski definition) is 0. The smallest absolute Gasteiger partial charge is 0.234 e. The van der Waals surface area contributed by atoms with Gasteiger partial charge in [-0.25, -0.2) is 0 Å². The van der Waals surface area contributed by atoms with Crippen molar-refractivity contribution in [3.63, 3.8) is 0 Å². The summed E-state index contributed by atoms with van der Waals surface area (Å²) < 4.78 is 11.2. The van der Waals surface area contributed by atoms with Gasteiger partial charge in [0.2, 0.25) is 5.91 Å². The number of carboxylic acid groups (broad SMARTS) is 1. The van der Waals surface area contributed by atoms with Crippen molar-refractivity contribution in [2.24, 2.45) is 11.8 Å². The maximum Gasteiger partial charge on any atom is 0.234 e. The molecule has 0 radical (unpaired) electrons. The molecule has 2 saturated heterocycles. The van der Waals surface area contributed by atoms with E-state index in [1.54, 1.807) is 48.4 Å². The number of fused-ring (bicyclic) bond motifs is 1. The second-order valence-corrected chi connectivity index (χ2v) is 6.56. The number of hydrogen-bond acceptors (Lipinski definition) is 5. The van der Waals surface area contributed by atoms with Gasteiger partial charge in [0, 0.05) is 17.6 Å². The molecule has 0 saturated carbocycles. The van der Waals surface area contributed by atoms with E-state index in [0.717, 1.165) is 0 Å². The van der Waals surface area contributed by atoms with Gasteiger partial charge < -0.3 is 24.3 Å². The highest BCUT2D eigenvalue weighted by Crippen LogP contribution is 2.56. The first-order valence-corrected chi connectivity index (χ1v) is 8.19. The summed E-state index contributed by atoms with van der Waals surface area (Å²) in [4.78, 5) is 26.4. The van der Waals surface area contributed by atoms with E-state index in [1.165, 1.54) is 0 Å². The summed E-state index contributed by atoms with van der Waals surface area (Å²) in [5.41, 5.74) is -0.264. The number of benzene rings is 1. The second-order valence-electron chi connectivity index (χ2n) is 6.56. The van der Waals surface area contributed by atoms with E-state index in [0.29, 0.717) is 17.9 Å². The largest absolute Gasteiger partial charge is 0.550 e. The molecule has 1 spiro atoms. The number of carbonyl (C=O) groups excluding carboxylic acids is 2. The van der Waals surface area contributed by atoms with Crippen LogP contribution in [0.5, 0.6) is 5.75 Å². The third kappa shape index (κ3) is 2.00. The summed E-state index contributed by atoms with van der Waals surface area (Å²) in [6, 6.07) is 6.76. The Morgan fingerprint density at radius 3 is 2.76 bits per heavy atom. The molecular weight excluding hydrogens is 322 g/mol. The summed E-state index contributed by atoms with van der Waals surface area (Å²) in [6.45, 7) is 3.79. The number of nitrogens with zero attached hydrogens (tertiary/aromatic N) is 1. The molecule has 3 aliphatic heterocycles. The predicted molar refractivity (Wildman–Crippen MR) is 87.8 cm³/mol. The zero-order chi connectivity index (χ0) is 17.8. The molecule has 3 aliphatic rings. The lowest BCUT2D eigenvalue weighted by Crippen LogP contribution is -2.46. The Balaban J connectivity index is 1.80. The third-order valence-corrected chi connectivity index (χ3v) is 5.43. The molecule has 6 heteroatoms. The molecule has 5 atom stereocenters. The number of ether oxygens (including phenoxy) is 2. The summed E-state index contributed by atoms with van der Waals surface area (Å²) in [6.07, 6.45) is 5.19. The van der Waals surface area contributed by atoms with E-state index in [9.17, 15) is 14.7 Å². The van der Waals surface area contributed by atoms with Gasteiger partial charge in [0.15, 0.2) is 0 Å². The summed E-state index contributed by atoms with van der Waals surface area (Å²) in [7, 11) is 1.57. The van der Waals surface area contributed by atoms with E-state index in [1.807, 2.05) is 6.08 Å². The van der Waals surface area contributed by atoms with Crippen LogP contribution in [0.4, 0.5) is 5.69 Å². The highest BCUT2D eigenvalue weighted by molar-refractivity contribution is 6.03. The molecule has 0 unspecified atom stereocenters. The van der Waals surface area contributed by atoms with E-state index in [2.05, 4.69) is 6.58 Å². The molecule has 3 heterocycles. The van der Waals surface area contributed by atoms with Crippen LogP contribution in [-0.4, -0.2) is 36.7 Å². The van der Waals surface area contributed by atoms with E-state index < -0.39 is 29.5 Å². The Morgan fingerprint density at radius 2 is 2.16 bits per heavy atom. The lowest BCUT2D eigenvalue weighted by molar-refractivity contribution is -0.313. The molecule has 4 rings (SSSR count). The molecule has 0 aliphatic carbocycles. The molecule has 25 heavy (non-hydrogen) atoms. The number of carboxylic acids is 1. The Hall–Kier alpha value is -2.60. The molecule has 0 aromatic heterocycles. The normalized spacial score (nSPS) is 35.1. The Labute approximate surface area is 145 Å². The molecule has 2 fully saturated rings. The van der Waals surface area contributed by atoms with Crippen LogP contribution in [0.1, 0.15) is 6.42 Å². The zero-order valence-corrected chi connectivity index (χ0v) is 13.8. The second kappa shape index (κ2) is 5.46. The van der Waals surface area contributed by atoms with Crippen LogP contribution < -0.4 is 14.7 Å². The van der Waals surface area contributed by atoms with Gasteiger partial charge >= 0.3 is 0 Å². The lowest BCUT2D eigenvalue weighted by Gasteiger charge is -2.32. The van der Waals surface area contributed by atoms with Gasteiger partial charge in [-0.1, -0.05) is 18.2 Å². The molecule has 6 nitrogen and oxygen atoms in total. The van der Waals surface area contributed by atoms with Gasteiger partial charge in [0.25, 0.3) is 0 Å². The van der Waals surface area contributed by atoms with Gasteiger partial charge in [-0.05, 0) is 30.7 Å². The van der Waals surface area contributed by atoms with Gasteiger partial charge in [-0.2, -0.15) is 0 Å². The number of rotatable bonds is 5. The minimum absolute atomic E-state index is 0.252. The van der Waals surface area contributed by atoms with Crippen molar-refractivity contribution in [3.8, 4) is 5.75 Å². The van der Waals surface area contributed by atoms with Crippen molar-refractivity contribution in [2.45, 2.75) is 24.2 Å². The van der Waals surface area contributed by atoms with Crippen LogP contribution in [-0.2, 0) is 14.3 Å². The van der Waals surface area contributed by atoms with Crippen LogP contribution in [0.15, 0.2) is 49.1 Å². The fraction of sp³-hybridized carbons (Fsp3) is 0.368. The summed E-state index contributed by atoms with van der Waals surface area (Å²) in [5, 5.41) is 11.6. The Bertz CT molecular complexity index is 771.